The van der Waals surface area contributed by atoms with Crippen LogP contribution in [0.1, 0.15) is 21.5 Å². The first-order valence-corrected chi connectivity index (χ1v) is 10.9. The van der Waals surface area contributed by atoms with E-state index in [1.54, 1.807) is 53.5 Å². The average molecular weight is 471 g/mol. The van der Waals surface area contributed by atoms with Crippen molar-refractivity contribution in [3.63, 3.8) is 0 Å². The highest BCUT2D eigenvalue weighted by atomic mass is 35.5. The molecule has 1 aromatic carbocycles. The van der Waals surface area contributed by atoms with E-state index in [-0.39, 0.29) is 35.1 Å². The summed E-state index contributed by atoms with van der Waals surface area (Å²) in [4.78, 5) is 35.1. The summed E-state index contributed by atoms with van der Waals surface area (Å²) >= 11 is 6.38. The van der Waals surface area contributed by atoms with Gasteiger partial charge in [0.2, 0.25) is 0 Å². The van der Waals surface area contributed by atoms with E-state index in [0.717, 1.165) is 11.1 Å². The quantitative estimate of drug-likeness (QED) is 0.385. The summed E-state index contributed by atoms with van der Waals surface area (Å²) in [6, 6.07) is 17.6. The van der Waals surface area contributed by atoms with Crippen LogP contribution in [0.25, 0.3) is 16.7 Å². The molecule has 0 atom stereocenters. The van der Waals surface area contributed by atoms with Crippen molar-refractivity contribution in [2.24, 2.45) is 0 Å². The van der Waals surface area contributed by atoms with Crippen LogP contribution in [-0.2, 0) is 13.1 Å². The molecule has 0 fully saturated rings. The number of pyridine rings is 3. The number of amides is 1. The minimum atomic E-state index is -0.471. The second kappa shape index (κ2) is 8.92. The normalized spacial score (nSPS) is 11.1. The predicted molar refractivity (Wildman–Crippen MR) is 129 cm³/mol. The fourth-order valence-electron chi connectivity index (χ4n) is 3.79. The summed E-state index contributed by atoms with van der Waals surface area (Å²) in [5.41, 5.74) is 1.99. The number of carbonyl (C=O) groups excluding carboxylic acids is 1. The van der Waals surface area contributed by atoms with Gasteiger partial charge < -0.3 is 9.88 Å². The van der Waals surface area contributed by atoms with E-state index < -0.39 is 5.91 Å². The molecule has 0 saturated heterocycles. The van der Waals surface area contributed by atoms with Crippen molar-refractivity contribution >= 4 is 34.2 Å². The minimum Gasteiger partial charge on any atom is -0.348 e. The molecule has 4 heterocycles. The molecule has 0 bridgehead atoms. The van der Waals surface area contributed by atoms with Crippen molar-refractivity contribution in [2.45, 2.75) is 13.1 Å². The van der Waals surface area contributed by atoms with Gasteiger partial charge in [-0.3, -0.25) is 24.4 Å². The molecule has 0 saturated carbocycles. The molecule has 0 spiro atoms. The number of hydrogen-bond donors (Lipinski definition) is 2. The molecule has 5 rings (SSSR count). The van der Waals surface area contributed by atoms with Crippen molar-refractivity contribution < 1.29 is 4.79 Å². The molecule has 5 aromatic rings. The molecule has 2 N–H and O–H groups in total. The third kappa shape index (κ3) is 3.95. The second-order valence-corrected chi connectivity index (χ2v) is 8.12. The zero-order chi connectivity index (χ0) is 23.7. The number of nitrogens with zero attached hydrogens (tertiary/aromatic N) is 4. The highest BCUT2D eigenvalue weighted by molar-refractivity contribution is 6.31. The first-order chi connectivity index (χ1) is 16.5. The Morgan fingerprint density at radius 2 is 1.91 bits per heavy atom. The number of nitrogens with one attached hydrogen (secondary N) is 2. The van der Waals surface area contributed by atoms with Crippen LogP contribution in [-0.4, -0.2) is 24.8 Å². The number of benzene rings is 1. The van der Waals surface area contributed by atoms with Gasteiger partial charge in [0.25, 0.3) is 11.5 Å². The lowest BCUT2D eigenvalue weighted by Crippen LogP contribution is -2.35. The summed E-state index contributed by atoms with van der Waals surface area (Å²) in [6.07, 6.45) is 4.93. The highest BCUT2D eigenvalue weighted by Crippen LogP contribution is 2.18. The first kappa shape index (κ1) is 21.5. The number of halogens is 1. The summed E-state index contributed by atoms with van der Waals surface area (Å²) in [5.74, 6) is -0.471. The molecule has 34 heavy (non-hydrogen) atoms. The summed E-state index contributed by atoms with van der Waals surface area (Å²) in [6.45, 7) is 0.414. The lowest BCUT2D eigenvalue weighted by atomic mass is 10.1. The van der Waals surface area contributed by atoms with Crippen molar-refractivity contribution in [1.82, 2.24) is 24.3 Å². The Morgan fingerprint density at radius 3 is 2.71 bits per heavy atom. The van der Waals surface area contributed by atoms with Crippen molar-refractivity contribution in [3.8, 4) is 0 Å². The molecule has 168 valence electrons. The predicted octanol–water partition coefficient (Wildman–Crippen LogP) is 3.16. The van der Waals surface area contributed by atoms with Crippen LogP contribution in [0.3, 0.4) is 0 Å². The van der Waals surface area contributed by atoms with Gasteiger partial charge in [-0.05, 0) is 41.5 Å². The third-order valence-electron chi connectivity index (χ3n) is 5.53. The van der Waals surface area contributed by atoms with Gasteiger partial charge in [0.05, 0.1) is 17.5 Å². The molecular formula is C25H19ClN6O2. The van der Waals surface area contributed by atoms with E-state index in [4.69, 9.17) is 17.0 Å². The van der Waals surface area contributed by atoms with E-state index in [1.807, 2.05) is 24.3 Å². The van der Waals surface area contributed by atoms with E-state index in [0.29, 0.717) is 16.3 Å². The van der Waals surface area contributed by atoms with Crippen molar-refractivity contribution in [3.05, 3.63) is 117 Å². The van der Waals surface area contributed by atoms with Gasteiger partial charge in [0, 0.05) is 30.2 Å². The van der Waals surface area contributed by atoms with Crippen LogP contribution in [0.5, 0.6) is 0 Å². The van der Waals surface area contributed by atoms with Crippen LogP contribution >= 0.6 is 11.6 Å². The maximum absolute atomic E-state index is 13.3. The van der Waals surface area contributed by atoms with Gasteiger partial charge in [-0.15, -0.1) is 0 Å². The standard InChI is InChI=1S/C25H19ClN6O2/c26-20-8-2-1-7-17(20)15-32-22(27)18(24(33)29-14-16-6-5-10-28-13-16)12-19-23(32)30-21-9-3-4-11-31(21)25(19)34/h1-13,27H,14-15H2,(H,29,33). The number of hydrogen-bond acceptors (Lipinski definition) is 5. The van der Waals surface area contributed by atoms with Crippen LogP contribution in [0.4, 0.5) is 0 Å². The molecule has 8 nitrogen and oxygen atoms in total. The fourth-order valence-corrected chi connectivity index (χ4v) is 3.99. The Balaban J connectivity index is 1.69. The topological polar surface area (TPSA) is 105 Å². The average Bonchev–Trinajstić information content (AvgIpc) is 2.86. The lowest BCUT2D eigenvalue weighted by Gasteiger charge is -2.15. The number of fused-ring (bicyclic) bond motifs is 2. The van der Waals surface area contributed by atoms with E-state index in [2.05, 4.69) is 15.3 Å². The number of aromatic nitrogens is 4. The number of carbonyl (C=O) groups is 1. The molecular weight excluding hydrogens is 452 g/mol. The maximum Gasteiger partial charge on any atom is 0.267 e. The minimum absolute atomic E-state index is 0.0664. The van der Waals surface area contributed by atoms with Gasteiger partial charge in [0.15, 0.2) is 0 Å². The highest BCUT2D eigenvalue weighted by Gasteiger charge is 2.18. The molecule has 4 aromatic heterocycles. The van der Waals surface area contributed by atoms with Gasteiger partial charge in [0.1, 0.15) is 16.8 Å². The Kier molecular flexibility index (Phi) is 5.65. The molecule has 9 heteroatoms. The Labute approximate surface area is 198 Å². The van der Waals surface area contributed by atoms with Gasteiger partial charge in [-0.25, -0.2) is 4.98 Å². The van der Waals surface area contributed by atoms with Gasteiger partial charge >= 0.3 is 0 Å². The SMILES string of the molecule is N=c1c(C(=O)NCc2cccnc2)cc2c(=O)n3ccccc3nc2n1Cc1ccccc1Cl. The van der Waals surface area contributed by atoms with Crippen LogP contribution in [0.2, 0.25) is 5.02 Å². The molecule has 0 aliphatic heterocycles. The third-order valence-corrected chi connectivity index (χ3v) is 5.89. The molecule has 0 radical (unpaired) electrons. The molecule has 0 unspecified atom stereocenters. The van der Waals surface area contributed by atoms with E-state index in [9.17, 15) is 9.59 Å². The summed E-state index contributed by atoms with van der Waals surface area (Å²) < 4.78 is 2.97. The zero-order valence-electron chi connectivity index (χ0n) is 17.9. The van der Waals surface area contributed by atoms with E-state index >= 15 is 0 Å². The van der Waals surface area contributed by atoms with Crippen LogP contribution in [0.15, 0.2) is 84.0 Å². The zero-order valence-corrected chi connectivity index (χ0v) is 18.7. The van der Waals surface area contributed by atoms with Crippen LogP contribution in [0, 0.1) is 5.41 Å². The van der Waals surface area contributed by atoms with Crippen molar-refractivity contribution in [1.29, 1.82) is 5.41 Å². The smallest absolute Gasteiger partial charge is 0.267 e. The lowest BCUT2D eigenvalue weighted by molar-refractivity contribution is 0.0948. The largest absolute Gasteiger partial charge is 0.348 e. The maximum atomic E-state index is 13.3. The van der Waals surface area contributed by atoms with E-state index in [1.165, 1.54) is 10.5 Å². The molecule has 1 amide bonds. The summed E-state index contributed by atoms with van der Waals surface area (Å²) in [5, 5.41) is 12.4. The molecule has 0 aliphatic rings. The Hall–Kier alpha value is -4.30. The number of rotatable bonds is 5. The fraction of sp³-hybridized carbons (Fsp3) is 0.0800. The first-order valence-electron chi connectivity index (χ1n) is 10.5. The van der Waals surface area contributed by atoms with Crippen LogP contribution < -0.4 is 16.4 Å². The van der Waals surface area contributed by atoms with Crippen molar-refractivity contribution in [2.75, 3.05) is 0 Å². The Bertz CT molecular complexity index is 1660. The summed E-state index contributed by atoms with van der Waals surface area (Å²) in [7, 11) is 0. The Morgan fingerprint density at radius 1 is 1.09 bits per heavy atom. The second-order valence-electron chi connectivity index (χ2n) is 7.71. The molecule has 0 aliphatic carbocycles. The van der Waals surface area contributed by atoms with Gasteiger partial charge in [-0.2, -0.15) is 0 Å². The monoisotopic (exact) mass is 470 g/mol. The van der Waals surface area contributed by atoms with Gasteiger partial charge in [-0.1, -0.05) is 41.9 Å².